The maximum Gasteiger partial charge on any atom is 0.251 e. The molecule has 0 aliphatic rings. The molecule has 2 aromatic heterocycles. The van der Waals surface area contributed by atoms with Gasteiger partial charge in [-0.05, 0) is 18.1 Å². The first-order valence-corrected chi connectivity index (χ1v) is 6.61. The Hall–Kier alpha value is -2.49. The van der Waals surface area contributed by atoms with Gasteiger partial charge in [0.15, 0.2) is 5.82 Å². The lowest BCUT2D eigenvalue weighted by atomic mass is 10.1. The molecule has 2 heterocycles. The van der Waals surface area contributed by atoms with Crippen molar-refractivity contribution in [3.63, 3.8) is 0 Å². The maximum atomic E-state index is 11.7. The smallest absolute Gasteiger partial charge is 0.251 e. The van der Waals surface area contributed by atoms with E-state index in [1.165, 1.54) is 6.07 Å². The van der Waals surface area contributed by atoms with Gasteiger partial charge in [-0.1, -0.05) is 38.1 Å². The number of nitrogens with one attached hydrogen (secondary N) is 1. The number of rotatable bonds is 2. The van der Waals surface area contributed by atoms with Crippen molar-refractivity contribution in [3.8, 4) is 11.5 Å². The lowest BCUT2D eigenvalue weighted by Gasteiger charge is -2.07. The first-order valence-electron chi connectivity index (χ1n) is 6.61. The zero-order chi connectivity index (χ0) is 14.1. The van der Waals surface area contributed by atoms with Crippen LogP contribution in [0.3, 0.4) is 0 Å². The molecule has 0 aliphatic heterocycles. The van der Waals surface area contributed by atoms with Gasteiger partial charge in [-0.25, -0.2) is 9.97 Å². The van der Waals surface area contributed by atoms with Gasteiger partial charge in [0.2, 0.25) is 0 Å². The van der Waals surface area contributed by atoms with Crippen LogP contribution in [0.2, 0.25) is 0 Å². The zero-order valence-electron chi connectivity index (χ0n) is 11.4. The van der Waals surface area contributed by atoms with Gasteiger partial charge in [-0.2, -0.15) is 0 Å². The van der Waals surface area contributed by atoms with Gasteiger partial charge < -0.3 is 4.98 Å². The van der Waals surface area contributed by atoms with E-state index in [9.17, 15) is 4.79 Å². The van der Waals surface area contributed by atoms with Gasteiger partial charge in [0.1, 0.15) is 5.69 Å². The predicted octanol–water partition coefficient (Wildman–Crippen LogP) is 3.11. The zero-order valence-corrected chi connectivity index (χ0v) is 11.4. The summed E-state index contributed by atoms with van der Waals surface area (Å²) in [6.07, 6.45) is 0. The highest BCUT2D eigenvalue weighted by Gasteiger charge is 2.08. The van der Waals surface area contributed by atoms with Crippen molar-refractivity contribution in [2.45, 2.75) is 19.8 Å². The fourth-order valence-corrected chi connectivity index (χ4v) is 2.09. The van der Waals surface area contributed by atoms with Crippen molar-refractivity contribution in [3.05, 3.63) is 58.5 Å². The molecule has 0 unspecified atom stereocenters. The average molecular weight is 265 g/mol. The van der Waals surface area contributed by atoms with Gasteiger partial charge in [-0.15, -0.1) is 0 Å². The summed E-state index contributed by atoms with van der Waals surface area (Å²) in [4.78, 5) is 23.5. The summed E-state index contributed by atoms with van der Waals surface area (Å²) >= 11 is 0. The number of nitrogens with zero attached hydrogens (tertiary/aromatic N) is 2. The fourth-order valence-electron chi connectivity index (χ4n) is 2.09. The molecule has 0 saturated heterocycles. The van der Waals surface area contributed by atoms with Crippen molar-refractivity contribution in [2.24, 2.45) is 0 Å². The minimum absolute atomic E-state index is 0.145. The third-order valence-electron chi connectivity index (χ3n) is 3.19. The van der Waals surface area contributed by atoms with Gasteiger partial charge in [-0.3, -0.25) is 4.79 Å². The van der Waals surface area contributed by atoms with Crippen molar-refractivity contribution in [2.75, 3.05) is 0 Å². The van der Waals surface area contributed by atoms with Crippen LogP contribution in [0.25, 0.3) is 22.4 Å². The number of aromatic nitrogens is 3. The summed E-state index contributed by atoms with van der Waals surface area (Å²) < 4.78 is 0. The molecule has 0 spiro atoms. The van der Waals surface area contributed by atoms with Crippen LogP contribution in [0, 0.1) is 0 Å². The summed E-state index contributed by atoms with van der Waals surface area (Å²) in [5.74, 6) is 0.725. The van der Waals surface area contributed by atoms with Crippen LogP contribution in [0.4, 0.5) is 0 Å². The first-order chi connectivity index (χ1) is 9.63. The third-order valence-corrected chi connectivity index (χ3v) is 3.19. The van der Waals surface area contributed by atoms with Gasteiger partial charge in [0, 0.05) is 11.5 Å². The quantitative estimate of drug-likeness (QED) is 0.774. The lowest BCUT2D eigenvalue weighted by Crippen LogP contribution is -2.11. The Labute approximate surface area is 116 Å². The van der Waals surface area contributed by atoms with E-state index in [0.717, 1.165) is 16.6 Å². The largest absolute Gasteiger partial charge is 0.305 e. The first kappa shape index (κ1) is 12.5. The summed E-state index contributed by atoms with van der Waals surface area (Å²) in [6, 6.07) is 13.3. The Morgan fingerprint density at radius 2 is 1.85 bits per heavy atom. The van der Waals surface area contributed by atoms with E-state index in [1.807, 2.05) is 50.2 Å². The molecule has 3 rings (SSSR count). The van der Waals surface area contributed by atoms with Crippen molar-refractivity contribution in [1.82, 2.24) is 15.0 Å². The summed E-state index contributed by atoms with van der Waals surface area (Å²) in [6.45, 7) is 4.03. The molecule has 0 fully saturated rings. The highest BCUT2D eigenvalue weighted by Crippen LogP contribution is 2.18. The molecule has 0 saturated carbocycles. The predicted molar refractivity (Wildman–Crippen MR) is 79.7 cm³/mol. The lowest BCUT2D eigenvalue weighted by molar-refractivity contribution is 0.811. The van der Waals surface area contributed by atoms with E-state index in [1.54, 1.807) is 0 Å². The van der Waals surface area contributed by atoms with Gasteiger partial charge >= 0.3 is 0 Å². The summed E-state index contributed by atoms with van der Waals surface area (Å²) in [5.41, 5.74) is 2.21. The van der Waals surface area contributed by atoms with E-state index in [4.69, 9.17) is 0 Å². The Morgan fingerprint density at radius 1 is 1.05 bits per heavy atom. The number of H-pyrrole nitrogens is 1. The van der Waals surface area contributed by atoms with E-state index < -0.39 is 0 Å². The van der Waals surface area contributed by atoms with Crippen molar-refractivity contribution >= 4 is 10.9 Å². The highest BCUT2D eigenvalue weighted by atomic mass is 16.1. The second kappa shape index (κ2) is 4.89. The number of para-hydroxylation sites is 1. The second-order valence-corrected chi connectivity index (χ2v) is 5.06. The topological polar surface area (TPSA) is 58.6 Å². The molecule has 1 aromatic carbocycles. The Balaban J connectivity index is 2.17. The van der Waals surface area contributed by atoms with Crippen LogP contribution in [0.1, 0.15) is 25.5 Å². The fraction of sp³-hybridized carbons (Fsp3) is 0.188. The van der Waals surface area contributed by atoms with Crippen LogP contribution >= 0.6 is 0 Å². The van der Waals surface area contributed by atoms with E-state index >= 15 is 0 Å². The van der Waals surface area contributed by atoms with E-state index in [2.05, 4.69) is 15.0 Å². The van der Waals surface area contributed by atoms with Gasteiger partial charge in [0.25, 0.3) is 5.56 Å². The number of benzene rings is 1. The number of hydrogen-bond acceptors (Lipinski definition) is 3. The minimum Gasteiger partial charge on any atom is -0.305 e. The molecular weight excluding hydrogens is 250 g/mol. The molecule has 4 heteroatoms. The van der Waals surface area contributed by atoms with E-state index in [-0.39, 0.29) is 11.5 Å². The number of hydrogen-bond donors (Lipinski definition) is 1. The Bertz CT molecular complexity index is 821. The SMILES string of the molecule is CC(C)c1cc(=O)[nH]c(-c2ccc3ccccc3n2)n1. The molecule has 0 aliphatic carbocycles. The number of aromatic amines is 1. The summed E-state index contributed by atoms with van der Waals surface area (Å²) in [5, 5.41) is 1.07. The molecular formula is C16H15N3O. The van der Waals surface area contributed by atoms with Crippen LogP contribution in [0.15, 0.2) is 47.3 Å². The minimum atomic E-state index is -0.145. The van der Waals surface area contributed by atoms with Crippen LogP contribution in [-0.4, -0.2) is 15.0 Å². The molecule has 20 heavy (non-hydrogen) atoms. The Morgan fingerprint density at radius 3 is 2.65 bits per heavy atom. The van der Waals surface area contributed by atoms with E-state index in [0.29, 0.717) is 11.5 Å². The van der Waals surface area contributed by atoms with Crippen LogP contribution in [-0.2, 0) is 0 Å². The molecule has 1 N–H and O–H groups in total. The highest BCUT2D eigenvalue weighted by molar-refractivity contribution is 5.80. The monoisotopic (exact) mass is 265 g/mol. The number of pyridine rings is 1. The third kappa shape index (κ3) is 2.32. The molecule has 0 atom stereocenters. The Kier molecular flexibility index (Phi) is 3.06. The van der Waals surface area contributed by atoms with Crippen molar-refractivity contribution in [1.29, 1.82) is 0 Å². The normalized spacial score (nSPS) is 11.2. The average Bonchev–Trinajstić information content (AvgIpc) is 2.46. The van der Waals surface area contributed by atoms with Gasteiger partial charge in [0.05, 0.1) is 11.2 Å². The van der Waals surface area contributed by atoms with Crippen LogP contribution < -0.4 is 5.56 Å². The number of fused-ring (bicyclic) bond motifs is 1. The standard InChI is InChI=1S/C16H15N3O/c1-10(2)14-9-15(20)19-16(18-14)13-8-7-11-5-3-4-6-12(11)17-13/h3-10H,1-2H3,(H,18,19,20). The van der Waals surface area contributed by atoms with Crippen LogP contribution in [0.5, 0.6) is 0 Å². The maximum absolute atomic E-state index is 11.7. The molecule has 100 valence electrons. The second-order valence-electron chi connectivity index (χ2n) is 5.06. The van der Waals surface area contributed by atoms with Crippen molar-refractivity contribution < 1.29 is 0 Å². The molecule has 0 radical (unpaired) electrons. The molecule has 3 aromatic rings. The molecule has 4 nitrogen and oxygen atoms in total. The molecule has 0 amide bonds. The molecule has 0 bridgehead atoms. The summed E-state index contributed by atoms with van der Waals surface area (Å²) in [7, 11) is 0.